The first-order chi connectivity index (χ1) is 19.2. The van der Waals surface area contributed by atoms with Crippen molar-refractivity contribution in [2.45, 2.75) is 47.2 Å². The highest BCUT2D eigenvalue weighted by molar-refractivity contribution is 6.31. The number of rotatable bonds is 8. The van der Waals surface area contributed by atoms with Gasteiger partial charge in [0.1, 0.15) is 11.4 Å². The van der Waals surface area contributed by atoms with Gasteiger partial charge in [-0.25, -0.2) is 9.48 Å². The van der Waals surface area contributed by atoms with Crippen LogP contribution in [0.2, 0.25) is 5.02 Å². The molecule has 3 N–H and O–H groups in total. The number of anilines is 1. The van der Waals surface area contributed by atoms with Gasteiger partial charge in [-0.2, -0.15) is 5.10 Å². The first-order valence-electron chi connectivity index (χ1n) is 13.7. The first-order valence-corrected chi connectivity index (χ1v) is 14.0. The molecule has 1 aromatic heterocycles. The molecule has 1 aliphatic heterocycles. The molecule has 0 radical (unpaired) electrons. The van der Waals surface area contributed by atoms with E-state index in [9.17, 15) is 4.79 Å². The van der Waals surface area contributed by atoms with Crippen LogP contribution < -0.4 is 15.8 Å². The Hall–Kier alpha value is -3.81. The Kier molecular flexibility index (Phi) is 8.14. The molecule has 0 spiro atoms. The molecule has 2 amide bonds. The van der Waals surface area contributed by atoms with E-state index in [4.69, 9.17) is 27.2 Å². The van der Waals surface area contributed by atoms with E-state index in [-0.39, 0.29) is 0 Å². The maximum absolute atomic E-state index is 11.4. The van der Waals surface area contributed by atoms with Gasteiger partial charge in [-0.05, 0) is 60.7 Å². The number of benzene rings is 3. The van der Waals surface area contributed by atoms with Gasteiger partial charge in [-0.15, -0.1) is 0 Å². The standard InChI is InChI=1S/C32H36ClN5O2/c1-20(2)19-40-29-7-5-6-22(4)30(29)38-31(23-10-12-25(13-11-23)35-32(34)39)26-18-37(15-14-28(26)36-38)17-24-9-8-21(3)16-27(24)33/h5-13,16,20H,14-15,17-19H2,1-4H3,(H3,34,35,39). The lowest BCUT2D eigenvalue weighted by Crippen LogP contribution is -2.30. The molecule has 0 atom stereocenters. The Morgan fingerprint density at radius 1 is 1.12 bits per heavy atom. The number of ether oxygens (including phenoxy) is 1. The molecule has 0 saturated carbocycles. The van der Waals surface area contributed by atoms with E-state index >= 15 is 0 Å². The number of nitrogens with two attached hydrogens (primary N) is 1. The van der Waals surface area contributed by atoms with Crippen LogP contribution in [-0.2, 0) is 19.5 Å². The van der Waals surface area contributed by atoms with E-state index in [0.29, 0.717) is 18.2 Å². The minimum absolute atomic E-state index is 0.395. The number of urea groups is 1. The second-order valence-electron chi connectivity index (χ2n) is 10.9. The largest absolute Gasteiger partial charge is 0.491 e. The highest BCUT2D eigenvalue weighted by Gasteiger charge is 2.28. The highest BCUT2D eigenvalue weighted by atomic mass is 35.5. The van der Waals surface area contributed by atoms with Gasteiger partial charge in [0.05, 0.1) is 18.0 Å². The van der Waals surface area contributed by atoms with Gasteiger partial charge in [0.15, 0.2) is 0 Å². The Labute approximate surface area is 240 Å². The Balaban J connectivity index is 1.59. The number of carbonyl (C=O) groups is 1. The lowest BCUT2D eigenvalue weighted by atomic mass is 9.99. The number of nitrogens with zero attached hydrogens (tertiary/aromatic N) is 3. The summed E-state index contributed by atoms with van der Waals surface area (Å²) in [5.41, 5.74) is 14.6. The molecular weight excluding hydrogens is 522 g/mol. The number of halogens is 1. The van der Waals surface area contributed by atoms with Gasteiger partial charge >= 0.3 is 6.03 Å². The molecule has 0 saturated heterocycles. The monoisotopic (exact) mass is 557 g/mol. The summed E-state index contributed by atoms with van der Waals surface area (Å²) in [6, 6.07) is 19.5. The molecule has 1 aliphatic rings. The molecule has 0 aliphatic carbocycles. The van der Waals surface area contributed by atoms with Gasteiger partial charge < -0.3 is 15.8 Å². The van der Waals surface area contributed by atoms with E-state index in [1.807, 2.05) is 42.5 Å². The molecular formula is C32H36ClN5O2. The number of hydrogen-bond donors (Lipinski definition) is 2. The van der Waals surface area contributed by atoms with E-state index in [2.05, 4.69) is 60.8 Å². The number of aromatic nitrogens is 2. The van der Waals surface area contributed by atoms with Crippen molar-refractivity contribution >= 4 is 23.3 Å². The van der Waals surface area contributed by atoms with Gasteiger partial charge in [0.25, 0.3) is 0 Å². The molecule has 7 nitrogen and oxygen atoms in total. The quantitative estimate of drug-likeness (QED) is 0.247. The van der Waals surface area contributed by atoms with Crippen molar-refractivity contribution in [3.05, 3.63) is 93.6 Å². The summed E-state index contributed by atoms with van der Waals surface area (Å²) in [6.07, 6.45) is 0.828. The molecule has 3 aromatic carbocycles. The molecule has 4 aromatic rings. The number of carbonyl (C=O) groups excluding carboxylic acids is 1. The van der Waals surface area contributed by atoms with Gasteiger partial charge in [0, 0.05) is 47.9 Å². The third-order valence-electron chi connectivity index (χ3n) is 7.13. The minimum Gasteiger partial charge on any atom is -0.491 e. The predicted octanol–water partition coefficient (Wildman–Crippen LogP) is 6.89. The second kappa shape index (κ2) is 11.7. The lowest BCUT2D eigenvalue weighted by molar-refractivity contribution is 0.245. The van der Waals surface area contributed by atoms with Crippen LogP contribution >= 0.6 is 11.6 Å². The number of aryl methyl sites for hydroxylation is 2. The zero-order valence-electron chi connectivity index (χ0n) is 23.5. The van der Waals surface area contributed by atoms with Crippen LogP contribution in [0, 0.1) is 19.8 Å². The Bertz CT molecular complexity index is 1530. The Morgan fingerprint density at radius 3 is 2.60 bits per heavy atom. The van der Waals surface area contributed by atoms with Crippen LogP contribution in [0.3, 0.4) is 0 Å². The van der Waals surface area contributed by atoms with Gasteiger partial charge in [-0.1, -0.05) is 61.8 Å². The summed E-state index contributed by atoms with van der Waals surface area (Å²) in [6.45, 7) is 11.4. The molecule has 0 unspecified atom stereocenters. The molecule has 0 fully saturated rings. The minimum atomic E-state index is -0.590. The highest BCUT2D eigenvalue weighted by Crippen LogP contribution is 2.37. The average Bonchev–Trinajstić information content (AvgIpc) is 3.27. The van der Waals surface area contributed by atoms with Crippen molar-refractivity contribution < 1.29 is 9.53 Å². The fourth-order valence-corrected chi connectivity index (χ4v) is 5.47. The van der Waals surface area contributed by atoms with E-state index in [1.165, 1.54) is 5.56 Å². The van der Waals surface area contributed by atoms with E-state index in [1.54, 1.807) is 0 Å². The topological polar surface area (TPSA) is 85.4 Å². The van der Waals surface area contributed by atoms with Crippen LogP contribution in [0.15, 0.2) is 60.7 Å². The summed E-state index contributed by atoms with van der Waals surface area (Å²) in [7, 11) is 0. The average molecular weight is 558 g/mol. The van der Waals surface area contributed by atoms with Crippen LogP contribution in [0.25, 0.3) is 16.9 Å². The van der Waals surface area contributed by atoms with Crippen molar-refractivity contribution in [3.8, 4) is 22.7 Å². The third kappa shape index (κ3) is 6.01. The molecule has 40 heavy (non-hydrogen) atoms. The Morgan fingerprint density at radius 2 is 1.90 bits per heavy atom. The van der Waals surface area contributed by atoms with Crippen LogP contribution in [0.1, 0.15) is 41.8 Å². The van der Waals surface area contributed by atoms with E-state index in [0.717, 1.165) is 76.2 Å². The van der Waals surface area contributed by atoms with Gasteiger partial charge in [0.2, 0.25) is 0 Å². The molecule has 208 valence electrons. The fourth-order valence-electron chi connectivity index (χ4n) is 5.17. The summed E-state index contributed by atoms with van der Waals surface area (Å²) in [5, 5.41) is 8.63. The summed E-state index contributed by atoms with van der Waals surface area (Å²) < 4.78 is 8.35. The van der Waals surface area contributed by atoms with Crippen LogP contribution in [-0.4, -0.2) is 33.9 Å². The third-order valence-corrected chi connectivity index (χ3v) is 7.48. The van der Waals surface area contributed by atoms with Crippen molar-refractivity contribution in [2.24, 2.45) is 11.7 Å². The van der Waals surface area contributed by atoms with Crippen molar-refractivity contribution in [2.75, 3.05) is 18.5 Å². The van der Waals surface area contributed by atoms with Crippen LogP contribution in [0.5, 0.6) is 5.75 Å². The molecule has 5 rings (SSSR count). The SMILES string of the molecule is Cc1ccc(CN2CCc3nn(-c4c(C)cccc4OCC(C)C)c(-c4ccc(NC(N)=O)cc4)c3C2)c(Cl)c1. The van der Waals surface area contributed by atoms with Crippen LogP contribution in [0.4, 0.5) is 10.5 Å². The maximum Gasteiger partial charge on any atom is 0.316 e. The first kappa shape index (κ1) is 27.7. The summed E-state index contributed by atoms with van der Waals surface area (Å²) >= 11 is 6.60. The number of nitrogens with one attached hydrogen (secondary N) is 1. The van der Waals surface area contributed by atoms with Gasteiger partial charge in [-0.3, -0.25) is 4.90 Å². The number of fused-ring (bicyclic) bond motifs is 1. The van der Waals surface area contributed by atoms with E-state index < -0.39 is 6.03 Å². The second-order valence-corrected chi connectivity index (χ2v) is 11.3. The zero-order chi connectivity index (χ0) is 28.4. The predicted molar refractivity (Wildman–Crippen MR) is 161 cm³/mol. The van der Waals surface area contributed by atoms with Crippen molar-refractivity contribution in [3.63, 3.8) is 0 Å². The van der Waals surface area contributed by atoms with Crippen molar-refractivity contribution in [1.29, 1.82) is 0 Å². The molecule has 8 heteroatoms. The lowest BCUT2D eigenvalue weighted by Gasteiger charge is -2.27. The fraction of sp³-hybridized carbons (Fsp3) is 0.312. The zero-order valence-corrected chi connectivity index (χ0v) is 24.3. The van der Waals surface area contributed by atoms with Crippen molar-refractivity contribution in [1.82, 2.24) is 14.7 Å². The number of primary amides is 1. The number of amides is 2. The summed E-state index contributed by atoms with van der Waals surface area (Å²) in [5.74, 6) is 1.20. The maximum atomic E-state index is 11.4. The summed E-state index contributed by atoms with van der Waals surface area (Å²) in [4.78, 5) is 13.8. The normalized spacial score (nSPS) is 13.3. The smallest absolute Gasteiger partial charge is 0.316 e. The molecule has 2 heterocycles. The number of para-hydroxylation sites is 1. The number of hydrogen-bond acceptors (Lipinski definition) is 4. The molecule has 0 bridgehead atoms.